The zero-order valence-electron chi connectivity index (χ0n) is 10.0. The molecule has 3 rings (SSSR count). The van der Waals surface area contributed by atoms with Gasteiger partial charge in [-0.05, 0) is 50.2 Å². The fourth-order valence-electron chi connectivity index (χ4n) is 3.05. The van der Waals surface area contributed by atoms with Gasteiger partial charge in [0.15, 0.2) is 0 Å². The maximum atomic E-state index is 10.4. The highest BCUT2D eigenvalue weighted by Gasteiger charge is 2.44. The molecule has 1 saturated carbocycles. The van der Waals surface area contributed by atoms with Crippen LogP contribution in [0, 0.1) is 5.92 Å². The first-order valence-corrected chi connectivity index (χ1v) is 6.52. The second kappa shape index (κ2) is 4.39. The van der Waals surface area contributed by atoms with Crippen LogP contribution in [0.1, 0.15) is 43.9 Å². The first-order chi connectivity index (χ1) is 8.29. The molecule has 1 aromatic heterocycles. The number of pyridine rings is 1. The van der Waals surface area contributed by atoms with Gasteiger partial charge in [0.2, 0.25) is 0 Å². The summed E-state index contributed by atoms with van der Waals surface area (Å²) in [4.78, 5) is 4.25. The Morgan fingerprint density at radius 1 is 1.41 bits per heavy atom. The predicted molar refractivity (Wildman–Crippen MR) is 64.5 cm³/mol. The van der Waals surface area contributed by atoms with Gasteiger partial charge >= 0.3 is 0 Å². The first kappa shape index (κ1) is 11.2. The summed E-state index contributed by atoms with van der Waals surface area (Å²) in [6.45, 7) is 0.786. The molecule has 17 heavy (non-hydrogen) atoms. The van der Waals surface area contributed by atoms with Gasteiger partial charge in [0.05, 0.1) is 17.4 Å². The van der Waals surface area contributed by atoms with Crippen LogP contribution in [0.15, 0.2) is 24.4 Å². The normalized spacial score (nSPS) is 28.6. The number of aromatic nitrogens is 1. The van der Waals surface area contributed by atoms with E-state index in [4.69, 9.17) is 4.74 Å². The number of hydrogen-bond donors (Lipinski definition) is 1. The molecule has 2 aliphatic rings. The Hall–Kier alpha value is -0.930. The summed E-state index contributed by atoms with van der Waals surface area (Å²) in [6.07, 6.45) is 6.85. The van der Waals surface area contributed by atoms with E-state index in [1.807, 2.05) is 18.2 Å². The van der Waals surface area contributed by atoms with Gasteiger partial charge in [0.1, 0.15) is 0 Å². The molecule has 2 fully saturated rings. The summed E-state index contributed by atoms with van der Waals surface area (Å²) in [5.74, 6) is 0.305. The van der Waals surface area contributed by atoms with Crippen molar-refractivity contribution in [1.82, 2.24) is 4.98 Å². The molecule has 0 aromatic carbocycles. The summed E-state index contributed by atoms with van der Waals surface area (Å²) >= 11 is 0. The van der Waals surface area contributed by atoms with E-state index in [-0.39, 0.29) is 5.60 Å². The Labute approximate surface area is 102 Å². The maximum absolute atomic E-state index is 10.4. The van der Waals surface area contributed by atoms with Crippen LogP contribution in [0.4, 0.5) is 0 Å². The van der Waals surface area contributed by atoms with E-state index < -0.39 is 6.10 Å². The summed E-state index contributed by atoms with van der Waals surface area (Å²) in [5, 5.41) is 10.4. The van der Waals surface area contributed by atoms with Crippen molar-refractivity contribution in [1.29, 1.82) is 0 Å². The van der Waals surface area contributed by atoms with Gasteiger partial charge in [-0.2, -0.15) is 0 Å². The molecule has 1 aliphatic heterocycles. The fraction of sp³-hybridized carbons (Fsp3) is 0.643. The van der Waals surface area contributed by atoms with Gasteiger partial charge in [0, 0.05) is 12.8 Å². The van der Waals surface area contributed by atoms with E-state index in [2.05, 4.69) is 4.98 Å². The van der Waals surface area contributed by atoms with Crippen molar-refractivity contribution in [2.45, 2.75) is 43.8 Å². The van der Waals surface area contributed by atoms with Gasteiger partial charge in [-0.25, -0.2) is 0 Å². The van der Waals surface area contributed by atoms with Crippen LogP contribution in [0.3, 0.4) is 0 Å². The maximum Gasteiger partial charge on any atom is 0.0989 e. The third-order valence-corrected chi connectivity index (χ3v) is 4.23. The molecule has 92 valence electrons. The number of nitrogens with zero attached hydrogens (tertiary/aromatic N) is 1. The zero-order chi connectivity index (χ0) is 11.7. The van der Waals surface area contributed by atoms with E-state index in [0.29, 0.717) is 5.92 Å². The third-order valence-electron chi connectivity index (χ3n) is 4.23. The van der Waals surface area contributed by atoms with Gasteiger partial charge in [-0.15, -0.1) is 0 Å². The Morgan fingerprint density at radius 3 is 2.94 bits per heavy atom. The molecule has 1 spiro atoms. The highest BCUT2D eigenvalue weighted by atomic mass is 16.5. The minimum atomic E-state index is -0.433. The highest BCUT2D eigenvalue weighted by Crippen LogP contribution is 2.46. The number of hydrogen-bond acceptors (Lipinski definition) is 3. The Kier molecular flexibility index (Phi) is 2.89. The second-order valence-corrected chi connectivity index (χ2v) is 5.34. The standard InChI is InChI=1S/C14H19NO2/c16-13(12-4-1-2-8-15-12)11-5-9-17-14(10-11)6-3-7-14/h1-2,4,8,11,13,16H,3,5-7,9-10H2. The smallest absolute Gasteiger partial charge is 0.0989 e. The molecule has 3 heteroatoms. The average molecular weight is 233 g/mol. The van der Waals surface area contributed by atoms with Crippen LogP contribution in [-0.2, 0) is 4.74 Å². The molecule has 1 aromatic rings. The fourth-order valence-corrected chi connectivity index (χ4v) is 3.05. The molecule has 2 atom stereocenters. The second-order valence-electron chi connectivity index (χ2n) is 5.34. The summed E-state index contributed by atoms with van der Waals surface area (Å²) < 4.78 is 5.89. The molecule has 0 amide bonds. The highest BCUT2D eigenvalue weighted by molar-refractivity contribution is 5.09. The third kappa shape index (κ3) is 2.09. The van der Waals surface area contributed by atoms with Gasteiger partial charge < -0.3 is 9.84 Å². The molecular weight excluding hydrogens is 214 g/mol. The summed E-state index contributed by atoms with van der Waals surface area (Å²) in [5.41, 5.74) is 0.896. The SMILES string of the molecule is OC(c1ccccn1)C1CCOC2(CCC2)C1. The lowest BCUT2D eigenvalue weighted by Crippen LogP contribution is -2.46. The van der Waals surface area contributed by atoms with E-state index in [1.165, 1.54) is 19.3 Å². The van der Waals surface area contributed by atoms with Crippen molar-refractivity contribution in [3.05, 3.63) is 30.1 Å². The molecular formula is C14H19NO2. The topological polar surface area (TPSA) is 42.4 Å². The number of ether oxygens (including phenoxy) is 1. The van der Waals surface area contributed by atoms with Crippen LogP contribution in [-0.4, -0.2) is 22.3 Å². The summed E-state index contributed by atoms with van der Waals surface area (Å²) in [7, 11) is 0. The van der Waals surface area contributed by atoms with Gasteiger partial charge in [-0.3, -0.25) is 4.98 Å². The van der Waals surface area contributed by atoms with E-state index in [9.17, 15) is 5.11 Å². The monoisotopic (exact) mass is 233 g/mol. The van der Waals surface area contributed by atoms with Crippen LogP contribution in [0.25, 0.3) is 0 Å². The molecule has 1 N–H and O–H groups in total. The molecule has 0 bridgehead atoms. The summed E-state index contributed by atoms with van der Waals surface area (Å²) in [6, 6.07) is 5.73. The molecule has 3 nitrogen and oxygen atoms in total. The first-order valence-electron chi connectivity index (χ1n) is 6.52. The number of rotatable bonds is 2. The lowest BCUT2D eigenvalue weighted by atomic mass is 9.70. The molecule has 2 heterocycles. The number of aliphatic hydroxyl groups excluding tert-OH is 1. The minimum Gasteiger partial charge on any atom is -0.387 e. The van der Waals surface area contributed by atoms with Crippen molar-refractivity contribution in [3.8, 4) is 0 Å². The minimum absolute atomic E-state index is 0.0959. The molecule has 0 radical (unpaired) electrons. The Bertz CT molecular complexity index is 375. The van der Waals surface area contributed by atoms with E-state index in [1.54, 1.807) is 6.20 Å². The van der Waals surface area contributed by atoms with Crippen molar-refractivity contribution >= 4 is 0 Å². The molecule has 1 saturated heterocycles. The van der Waals surface area contributed by atoms with Crippen molar-refractivity contribution in [2.24, 2.45) is 5.92 Å². The predicted octanol–water partition coefficient (Wildman–Crippen LogP) is 2.46. The lowest BCUT2D eigenvalue weighted by molar-refractivity contribution is -0.157. The Morgan fingerprint density at radius 2 is 2.29 bits per heavy atom. The Balaban J connectivity index is 1.71. The van der Waals surface area contributed by atoms with Gasteiger partial charge in [-0.1, -0.05) is 6.07 Å². The lowest BCUT2D eigenvalue weighted by Gasteiger charge is -2.48. The quantitative estimate of drug-likeness (QED) is 0.853. The largest absolute Gasteiger partial charge is 0.387 e. The van der Waals surface area contributed by atoms with Crippen molar-refractivity contribution < 1.29 is 9.84 Å². The average Bonchev–Trinajstić information content (AvgIpc) is 2.37. The molecule has 2 unspecified atom stereocenters. The van der Waals surface area contributed by atoms with Crippen LogP contribution in [0.5, 0.6) is 0 Å². The van der Waals surface area contributed by atoms with Crippen LogP contribution in [0.2, 0.25) is 0 Å². The zero-order valence-corrected chi connectivity index (χ0v) is 10.0. The van der Waals surface area contributed by atoms with Crippen molar-refractivity contribution in [2.75, 3.05) is 6.61 Å². The van der Waals surface area contributed by atoms with E-state index >= 15 is 0 Å². The molecule has 1 aliphatic carbocycles. The van der Waals surface area contributed by atoms with E-state index in [0.717, 1.165) is 25.1 Å². The number of aliphatic hydroxyl groups is 1. The van der Waals surface area contributed by atoms with Crippen LogP contribution >= 0.6 is 0 Å². The van der Waals surface area contributed by atoms with Gasteiger partial charge in [0.25, 0.3) is 0 Å². The van der Waals surface area contributed by atoms with Crippen LogP contribution < -0.4 is 0 Å². The van der Waals surface area contributed by atoms with Crippen molar-refractivity contribution in [3.63, 3.8) is 0 Å².